The smallest absolute Gasteiger partial charge is 0.252 e. The molecule has 1 aromatic carbocycles. The lowest BCUT2D eigenvalue weighted by Gasteiger charge is -2.09. The number of benzene rings is 1. The van der Waals surface area contributed by atoms with Gasteiger partial charge in [0.25, 0.3) is 5.91 Å². The zero-order chi connectivity index (χ0) is 15.8. The Morgan fingerprint density at radius 2 is 2.05 bits per heavy atom. The molecule has 0 bridgehead atoms. The van der Waals surface area contributed by atoms with Crippen molar-refractivity contribution in [1.82, 2.24) is 10.3 Å². The highest BCUT2D eigenvalue weighted by atomic mass is 16.5. The van der Waals surface area contributed by atoms with E-state index in [-0.39, 0.29) is 5.91 Å². The molecule has 2 aromatic rings. The van der Waals surface area contributed by atoms with Gasteiger partial charge >= 0.3 is 0 Å². The lowest BCUT2D eigenvalue weighted by molar-refractivity contribution is 0.0948. The fourth-order valence-corrected chi connectivity index (χ4v) is 1.97. The molecule has 1 amide bonds. The van der Waals surface area contributed by atoms with Gasteiger partial charge in [0.1, 0.15) is 5.82 Å². The minimum Gasteiger partial charge on any atom is -0.385 e. The van der Waals surface area contributed by atoms with Crippen molar-refractivity contribution in [2.75, 3.05) is 25.6 Å². The topological polar surface area (TPSA) is 63.2 Å². The predicted octanol–water partition coefficient (Wildman–Crippen LogP) is 2.90. The number of aryl methyl sites for hydroxylation is 1. The van der Waals surface area contributed by atoms with E-state index in [1.165, 1.54) is 0 Å². The van der Waals surface area contributed by atoms with Gasteiger partial charge in [0, 0.05) is 32.1 Å². The van der Waals surface area contributed by atoms with E-state index in [1.54, 1.807) is 25.4 Å². The first kappa shape index (κ1) is 16.0. The third-order valence-electron chi connectivity index (χ3n) is 3.24. The van der Waals surface area contributed by atoms with Crippen molar-refractivity contribution >= 4 is 17.4 Å². The first-order chi connectivity index (χ1) is 10.7. The van der Waals surface area contributed by atoms with E-state index in [1.807, 2.05) is 31.2 Å². The maximum atomic E-state index is 11.9. The van der Waals surface area contributed by atoms with Crippen LogP contribution >= 0.6 is 0 Å². The number of hydrogen-bond donors (Lipinski definition) is 2. The Morgan fingerprint density at radius 3 is 2.73 bits per heavy atom. The molecule has 0 spiro atoms. The minimum absolute atomic E-state index is 0.119. The Labute approximate surface area is 130 Å². The average molecular weight is 299 g/mol. The average Bonchev–Trinajstić information content (AvgIpc) is 2.54. The number of anilines is 2. The van der Waals surface area contributed by atoms with Crippen molar-refractivity contribution in [3.8, 4) is 0 Å². The lowest BCUT2D eigenvalue weighted by atomic mass is 10.2. The minimum atomic E-state index is -0.119. The molecule has 22 heavy (non-hydrogen) atoms. The summed E-state index contributed by atoms with van der Waals surface area (Å²) in [6.45, 7) is 3.26. The summed E-state index contributed by atoms with van der Waals surface area (Å²) in [5, 5.41) is 6.07. The zero-order valence-corrected chi connectivity index (χ0v) is 12.9. The quantitative estimate of drug-likeness (QED) is 0.772. The van der Waals surface area contributed by atoms with Crippen LogP contribution in [0, 0.1) is 6.92 Å². The zero-order valence-electron chi connectivity index (χ0n) is 12.9. The molecule has 0 aliphatic carbocycles. The number of nitrogens with one attached hydrogen (secondary N) is 2. The number of rotatable bonds is 7. The van der Waals surface area contributed by atoms with Gasteiger partial charge in [-0.3, -0.25) is 4.79 Å². The summed E-state index contributed by atoms with van der Waals surface area (Å²) in [7, 11) is 1.64. The molecular formula is C17H21N3O2. The first-order valence-electron chi connectivity index (χ1n) is 7.26. The van der Waals surface area contributed by atoms with Crippen molar-refractivity contribution < 1.29 is 9.53 Å². The second-order valence-corrected chi connectivity index (χ2v) is 4.97. The molecule has 0 unspecified atom stereocenters. The molecule has 5 nitrogen and oxygen atoms in total. The van der Waals surface area contributed by atoms with Crippen LogP contribution in [-0.4, -0.2) is 31.2 Å². The lowest BCUT2D eigenvalue weighted by Crippen LogP contribution is -2.25. The standard InChI is InChI=1S/C17H21N3O2/c1-13-6-3-4-7-15(13)20-16-9-8-14(12-19-16)17(21)18-10-5-11-22-2/h3-4,6-9,12H,5,10-11H2,1-2H3,(H,18,21)(H,19,20). The van der Waals surface area contributed by atoms with Crippen LogP contribution in [0.4, 0.5) is 11.5 Å². The fourth-order valence-electron chi connectivity index (χ4n) is 1.97. The molecule has 1 heterocycles. The normalized spacial score (nSPS) is 10.3. The van der Waals surface area contributed by atoms with Crippen molar-refractivity contribution in [3.05, 3.63) is 53.7 Å². The summed E-state index contributed by atoms with van der Waals surface area (Å²) in [5.74, 6) is 0.594. The van der Waals surface area contributed by atoms with E-state index in [0.29, 0.717) is 24.5 Å². The molecule has 0 aliphatic heterocycles. The van der Waals surface area contributed by atoms with Gasteiger partial charge < -0.3 is 15.4 Å². The molecule has 2 N–H and O–H groups in total. The van der Waals surface area contributed by atoms with Crippen LogP contribution < -0.4 is 10.6 Å². The van der Waals surface area contributed by atoms with Crippen molar-refractivity contribution in [2.45, 2.75) is 13.3 Å². The monoisotopic (exact) mass is 299 g/mol. The van der Waals surface area contributed by atoms with Gasteiger partial charge in [-0.15, -0.1) is 0 Å². The van der Waals surface area contributed by atoms with Crippen LogP contribution in [0.2, 0.25) is 0 Å². The first-order valence-corrected chi connectivity index (χ1v) is 7.26. The number of ether oxygens (including phenoxy) is 1. The molecule has 0 saturated carbocycles. The second-order valence-electron chi connectivity index (χ2n) is 4.97. The number of amides is 1. The maximum absolute atomic E-state index is 11.9. The molecule has 0 radical (unpaired) electrons. The Bertz CT molecular complexity index is 612. The Kier molecular flexibility index (Phi) is 5.91. The molecule has 0 fully saturated rings. The summed E-state index contributed by atoms with van der Waals surface area (Å²) in [5.41, 5.74) is 2.70. The third kappa shape index (κ3) is 4.56. The van der Waals surface area contributed by atoms with Gasteiger partial charge in [-0.2, -0.15) is 0 Å². The van der Waals surface area contributed by atoms with E-state index < -0.39 is 0 Å². The highest BCUT2D eigenvalue weighted by Gasteiger charge is 2.06. The summed E-state index contributed by atoms with van der Waals surface area (Å²) < 4.78 is 4.94. The van der Waals surface area contributed by atoms with Crippen LogP contribution in [-0.2, 0) is 4.74 Å². The van der Waals surface area contributed by atoms with Crippen LogP contribution in [0.1, 0.15) is 22.3 Å². The van der Waals surface area contributed by atoms with Gasteiger partial charge in [-0.1, -0.05) is 18.2 Å². The SMILES string of the molecule is COCCCNC(=O)c1ccc(Nc2ccccc2C)nc1. The summed E-state index contributed by atoms with van der Waals surface area (Å²) in [6, 6.07) is 11.6. The molecular weight excluding hydrogens is 278 g/mol. The van der Waals surface area contributed by atoms with E-state index in [4.69, 9.17) is 4.74 Å². The number of aromatic nitrogens is 1. The molecule has 2 rings (SSSR count). The fraction of sp³-hybridized carbons (Fsp3) is 0.294. The largest absolute Gasteiger partial charge is 0.385 e. The van der Waals surface area contributed by atoms with E-state index in [0.717, 1.165) is 17.7 Å². The molecule has 0 saturated heterocycles. The molecule has 5 heteroatoms. The van der Waals surface area contributed by atoms with Crippen molar-refractivity contribution in [2.24, 2.45) is 0 Å². The number of methoxy groups -OCH3 is 1. The van der Waals surface area contributed by atoms with Gasteiger partial charge in [0.15, 0.2) is 0 Å². The highest BCUT2D eigenvalue weighted by molar-refractivity contribution is 5.94. The van der Waals surface area contributed by atoms with Gasteiger partial charge in [0.05, 0.1) is 5.56 Å². The van der Waals surface area contributed by atoms with Crippen LogP contribution in [0.3, 0.4) is 0 Å². The third-order valence-corrected chi connectivity index (χ3v) is 3.24. The van der Waals surface area contributed by atoms with E-state index in [2.05, 4.69) is 15.6 Å². The van der Waals surface area contributed by atoms with Gasteiger partial charge in [-0.05, 0) is 37.1 Å². The summed E-state index contributed by atoms with van der Waals surface area (Å²) >= 11 is 0. The summed E-state index contributed by atoms with van der Waals surface area (Å²) in [4.78, 5) is 16.2. The Hall–Kier alpha value is -2.40. The number of carbonyl (C=O) groups is 1. The molecule has 0 aliphatic rings. The van der Waals surface area contributed by atoms with Crippen molar-refractivity contribution in [3.63, 3.8) is 0 Å². The Balaban J connectivity index is 1.92. The van der Waals surface area contributed by atoms with E-state index in [9.17, 15) is 4.79 Å². The van der Waals surface area contributed by atoms with Crippen LogP contribution in [0.15, 0.2) is 42.6 Å². The van der Waals surface area contributed by atoms with Gasteiger partial charge in [-0.25, -0.2) is 4.98 Å². The number of hydrogen-bond acceptors (Lipinski definition) is 4. The van der Waals surface area contributed by atoms with Gasteiger partial charge in [0.2, 0.25) is 0 Å². The molecule has 1 aromatic heterocycles. The number of nitrogens with zero attached hydrogens (tertiary/aromatic N) is 1. The Morgan fingerprint density at radius 1 is 1.23 bits per heavy atom. The number of carbonyl (C=O) groups excluding carboxylic acids is 1. The predicted molar refractivity (Wildman–Crippen MR) is 87.5 cm³/mol. The molecule has 116 valence electrons. The highest BCUT2D eigenvalue weighted by Crippen LogP contribution is 2.18. The number of para-hydroxylation sites is 1. The van der Waals surface area contributed by atoms with E-state index >= 15 is 0 Å². The van der Waals surface area contributed by atoms with Crippen LogP contribution in [0.5, 0.6) is 0 Å². The molecule has 0 atom stereocenters. The summed E-state index contributed by atoms with van der Waals surface area (Å²) in [6.07, 6.45) is 2.37. The van der Waals surface area contributed by atoms with Crippen LogP contribution in [0.25, 0.3) is 0 Å². The maximum Gasteiger partial charge on any atom is 0.252 e. The second kappa shape index (κ2) is 8.14. The van der Waals surface area contributed by atoms with Crippen molar-refractivity contribution in [1.29, 1.82) is 0 Å². The number of pyridine rings is 1.